The number of rotatable bonds is 11. The van der Waals surface area contributed by atoms with Gasteiger partial charge in [-0.05, 0) is 48.4 Å². The van der Waals surface area contributed by atoms with E-state index in [4.69, 9.17) is 0 Å². The van der Waals surface area contributed by atoms with E-state index in [1.54, 1.807) is 11.8 Å². The number of para-hydroxylation sites is 3. The highest BCUT2D eigenvalue weighted by atomic mass is 32.2. The molecule has 0 spiro atoms. The molecule has 0 saturated heterocycles. The molecule has 42 heavy (non-hydrogen) atoms. The highest BCUT2D eigenvalue weighted by Crippen LogP contribution is 2.45. The highest BCUT2D eigenvalue weighted by molar-refractivity contribution is 8.03. The quantitative estimate of drug-likeness (QED) is 0.228. The Labute approximate surface area is 252 Å². The third kappa shape index (κ3) is 6.53. The van der Waals surface area contributed by atoms with Crippen molar-refractivity contribution in [2.24, 2.45) is 0 Å². The summed E-state index contributed by atoms with van der Waals surface area (Å²) in [7, 11) is 0.808. The van der Waals surface area contributed by atoms with E-state index < -0.39 is 9.84 Å². The number of sulfone groups is 1. The van der Waals surface area contributed by atoms with Gasteiger partial charge in [0.2, 0.25) is 5.91 Å². The fraction of sp³-hybridized carbons (Fsp3) is 0.212. The van der Waals surface area contributed by atoms with Crippen molar-refractivity contribution in [3.05, 3.63) is 108 Å². The molecule has 0 bridgehead atoms. The van der Waals surface area contributed by atoms with E-state index in [1.807, 2.05) is 25.2 Å². The minimum Gasteiger partial charge on any atom is -0.355 e. The molecule has 9 heteroatoms. The Balaban J connectivity index is 1.45. The van der Waals surface area contributed by atoms with Crippen LogP contribution in [-0.2, 0) is 14.6 Å². The fourth-order valence-corrected chi connectivity index (χ4v) is 6.70. The number of benzene rings is 3. The predicted octanol–water partition coefficient (Wildman–Crippen LogP) is 5.55. The molecular formula is C33H35N4O3S2+. The molecule has 7 nitrogen and oxygen atoms in total. The van der Waals surface area contributed by atoms with Crippen molar-refractivity contribution in [2.45, 2.75) is 17.7 Å². The molecule has 1 aromatic heterocycles. The van der Waals surface area contributed by atoms with Gasteiger partial charge in [0, 0.05) is 41.8 Å². The van der Waals surface area contributed by atoms with Crippen LogP contribution in [0.1, 0.15) is 18.4 Å². The molecule has 5 rings (SSSR count). The van der Waals surface area contributed by atoms with E-state index in [-0.39, 0.29) is 18.2 Å². The number of anilines is 2. The summed E-state index contributed by atoms with van der Waals surface area (Å²) in [4.78, 5) is 18.0. The second-order valence-electron chi connectivity index (χ2n) is 10.2. The molecule has 4 aromatic rings. The van der Waals surface area contributed by atoms with Crippen molar-refractivity contribution in [3.8, 4) is 5.69 Å². The van der Waals surface area contributed by atoms with Gasteiger partial charge in [-0.15, -0.1) is 0 Å². The van der Waals surface area contributed by atoms with Gasteiger partial charge in [0.15, 0.2) is 9.84 Å². The zero-order valence-electron chi connectivity index (χ0n) is 23.9. The Kier molecular flexibility index (Phi) is 8.99. The van der Waals surface area contributed by atoms with E-state index in [0.717, 1.165) is 38.4 Å². The maximum atomic E-state index is 12.4. The summed E-state index contributed by atoms with van der Waals surface area (Å²) in [6, 6.07) is 29.4. The molecule has 0 atom stereocenters. The molecule has 216 valence electrons. The Morgan fingerprint density at radius 1 is 1.05 bits per heavy atom. The largest absolute Gasteiger partial charge is 0.355 e. The molecule has 0 saturated carbocycles. The minimum absolute atomic E-state index is 0.0794. The minimum atomic E-state index is -3.34. The second-order valence-corrected chi connectivity index (χ2v) is 13.3. The molecule has 1 aliphatic heterocycles. The number of pyridine rings is 1. The summed E-state index contributed by atoms with van der Waals surface area (Å²) in [5, 5.41) is 5.93. The van der Waals surface area contributed by atoms with Crippen LogP contribution in [-0.4, -0.2) is 47.3 Å². The van der Waals surface area contributed by atoms with Gasteiger partial charge in [0.05, 0.1) is 30.1 Å². The van der Waals surface area contributed by atoms with Gasteiger partial charge >= 0.3 is 0 Å². The molecule has 1 amide bonds. The number of carbonyl (C=O) groups excluding carboxylic acids is 1. The van der Waals surface area contributed by atoms with Crippen LogP contribution in [0.4, 0.5) is 11.5 Å². The zero-order valence-corrected chi connectivity index (χ0v) is 25.5. The van der Waals surface area contributed by atoms with Crippen LogP contribution in [0.2, 0.25) is 0 Å². The first-order valence-electron chi connectivity index (χ1n) is 13.9. The van der Waals surface area contributed by atoms with Crippen LogP contribution in [0, 0.1) is 0 Å². The van der Waals surface area contributed by atoms with Crippen LogP contribution >= 0.6 is 11.8 Å². The first kappa shape index (κ1) is 29.4. The maximum absolute atomic E-state index is 12.4. The lowest BCUT2D eigenvalue weighted by Crippen LogP contribution is -2.40. The molecule has 2 heterocycles. The summed E-state index contributed by atoms with van der Waals surface area (Å²) < 4.78 is 25.5. The number of hydrogen-bond donors (Lipinski definition) is 1. The van der Waals surface area contributed by atoms with Crippen molar-refractivity contribution < 1.29 is 17.8 Å². The van der Waals surface area contributed by atoms with Crippen molar-refractivity contribution in [3.63, 3.8) is 0 Å². The summed E-state index contributed by atoms with van der Waals surface area (Å²) in [5.74, 6) is 0.698. The van der Waals surface area contributed by atoms with Gasteiger partial charge in [-0.3, -0.25) is 9.69 Å². The summed E-state index contributed by atoms with van der Waals surface area (Å²) in [6.07, 6.45) is 3.17. The molecule has 0 radical (unpaired) electrons. The summed E-state index contributed by atoms with van der Waals surface area (Å²) >= 11 is 1.77. The van der Waals surface area contributed by atoms with Gasteiger partial charge in [-0.2, -0.15) is 4.57 Å². The molecule has 3 aromatic carbocycles. The average molecular weight is 600 g/mol. The number of amides is 1. The fourth-order valence-electron chi connectivity index (χ4n) is 5.04. The number of fused-ring (bicyclic) bond motifs is 2. The third-order valence-electron chi connectivity index (χ3n) is 7.29. The Hall–Kier alpha value is -4.08. The highest BCUT2D eigenvalue weighted by Gasteiger charge is 2.25. The monoisotopic (exact) mass is 599 g/mol. The second kappa shape index (κ2) is 12.8. The van der Waals surface area contributed by atoms with Crippen LogP contribution < -0.4 is 19.7 Å². The number of nitrogens with zero attached hydrogens (tertiary/aromatic N) is 3. The van der Waals surface area contributed by atoms with Crippen molar-refractivity contribution >= 4 is 56.0 Å². The SMILES string of the molecule is C=CS(=O)(=O)CCNC(=O)CCCN(C)c1cc(/C=C2/Sc3ccccc3N2C)c2ccccc2[n+]1-c1ccccc1. The normalized spacial score (nSPS) is 13.8. The molecule has 1 N–H and O–H groups in total. The Bertz CT molecular complexity index is 1750. The number of aromatic nitrogens is 1. The molecule has 1 aliphatic rings. The van der Waals surface area contributed by atoms with Gasteiger partial charge in [-0.25, -0.2) is 8.42 Å². The zero-order chi connectivity index (χ0) is 29.7. The predicted molar refractivity (Wildman–Crippen MR) is 174 cm³/mol. The van der Waals surface area contributed by atoms with E-state index in [1.165, 1.54) is 10.6 Å². The molecule has 0 aliphatic carbocycles. The van der Waals surface area contributed by atoms with Crippen LogP contribution in [0.25, 0.3) is 22.7 Å². The number of thioether (sulfide) groups is 1. The van der Waals surface area contributed by atoms with E-state index >= 15 is 0 Å². The Morgan fingerprint density at radius 3 is 2.52 bits per heavy atom. The summed E-state index contributed by atoms with van der Waals surface area (Å²) in [6.45, 7) is 4.03. The lowest BCUT2D eigenvalue weighted by atomic mass is 10.1. The first-order valence-corrected chi connectivity index (χ1v) is 16.4. The standard InChI is InChI=1S/C33H34N4O3S2/c1-4-42(39,40)22-20-34-31(38)19-12-21-35(2)32-23-25(24-33-36(3)29-17-10-11-18-30(29)41-33)27-15-8-9-16-28(27)37(32)26-13-6-5-7-14-26/h4-11,13-18,23-24H,1,12,19-22H2,2-3H3/p+1. The van der Waals surface area contributed by atoms with E-state index in [2.05, 4.69) is 106 Å². The van der Waals surface area contributed by atoms with Crippen molar-refractivity contribution in [1.82, 2.24) is 5.32 Å². The van der Waals surface area contributed by atoms with Gasteiger partial charge in [0.25, 0.3) is 5.82 Å². The van der Waals surface area contributed by atoms with E-state index in [0.29, 0.717) is 19.4 Å². The third-order valence-corrected chi connectivity index (χ3v) is 9.73. The summed E-state index contributed by atoms with van der Waals surface area (Å²) in [5.41, 5.74) is 4.45. The molecule has 0 fully saturated rings. The number of carbonyl (C=O) groups is 1. The molecular weight excluding hydrogens is 565 g/mol. The lowest BCUT2D eigenvalue weighted by Gasteiger charge is -2.19. The van der Waals surface area contributed by atoms with Gasteiger partial charge in [-0.1, -0.05) is 66.9 Å². The topological polar surface area (TPSA) is 73.6 Å². The van der Waals surface area contributed by atoms with Crippen LogP contribution in [0.5, 0.6) is 0 Å². The van der Waals surface area contributed by atoms with Gasteiger partial charge < -0.3 is 10.2 Å². The Morgan fingerprint density at radius 2 is 1.76 bits per heavy atom. The maximum Gasteiger partial charge on any atom is 0.282 e. The van der Waals surface area contributed by atoms with E-state index in [9.17, 15) is 13.2 Å². The van der Waals surface area contributed by atoms with Gasteiger partial charge in [0.1, 0.15) is 11.2 Å². The number of nitrogens with one attached hydrogen (secondary N) is 1. The number of hydrogen-bond acceptors (Lipinski definition) is 6. The van der Waals surface area contributed by atoms with Crippen molar-refractivity contribution in [2.75, 3.05) is 42.7 Å². The first-order chi connectivity index (χ1) is 20.3. The van der Waals surface area contributed by atoms with Crippen molar-refractivity contribution in [1.29, 1.82) is 0 Å². The average Bonchev–Trinajstić information content (AvgIpc) is 3.32. The lowest BCUT2D eigenvalue weighted by molar-refractivity contribution is -0.553. The van der Waals surface area contributed by atoms with Crippen LogP contribution in [0.15, 0.2) is 107 Å². The smallest absolute Gasteiger partial charge is 0.282 e. The molecule has 0 unspecified atom stereocenters. The van der Waals surface area contributed by atoms with Crippen LogP contribution in [0.3, 0.4) is 0 Å².